The molecule has 0 bridgehead atoms. The number of hydrogen-bond acceptors (Lipinski definition) is 2. The molecule has 0 aliphatic carbocycles. The van der Waals surface area contributed by atoms with Gasteiger partial charge in [-0.05, 0) is 0 Å². The predicted octanol–water partition coefficient (Wildman–Crippen LogP) is -0.0852. The number of carboxylic acids is 1. The van der Waals surface area contributed by atoms with E-state index in [0.717, 1.165) is 0 Å². The zero-order valence-corrected chi connectivity index (χ0v) is 9.82. The van der Waals surface area contributed by atoms with Gasteiger partial charge in [0, 0.05) is 19.5 Å². The Morgan fingerprint density at radius 3 is 2.14 bits per heavy atom. The van der Waals surface area contributed by atoms with E-state index in [-0.39, 0.29) is 24.5 Å². The van der Waals surface area contributed by atoms with Crippen LogP contribution in [0.4, 0.5) is 0 Å². The van der Waals surface area contributed by atoms with Crippen molar-refractivity contribution in [3.05, 3.63) is 0 Å². The molecule has 0 heterocycles. The first-order valence-electron chi connectivity index (χ1n) is 1.57. The van der Waals surface area contributed by atoms with Gasteiger partial charge in [-0.3, -0.25) is 0 Å². The van der Waals surface area contributed by atoms with E-state index in [9.17, 15) is 8.37 Å². The summed E-state index contributed by atoms with van der Waals surface area (Å²) in [4.78, 5) is 9.45. The number of carboxylic acid groups (broad SMARTS) is 1. The van der Waals surface area contributed by atoms with Crippen LogP contribution in [0.2, 0.25) is 5.02 Å². The second kappa shape index (κ2) is 6.52. The van der Waals surface area contributed by atoms with Gasteiger partial charge in [-0.2, -0.15) is 0 Å². The van der Waals surface area contributed by atoms with Crippen LogP contribution in [0.1, 0.15) is 0 Å². The predicted molar refractivity (Wildman–Crippen MR) is 13.1 cm³/mol. The molecule has 0 atom stereocenters. The van der Waals surface area contributed by atoms with Gasteiger partial charge in [0.05, 0.1) is 0 Å². The van der Waals surface area contributed by atoms with E-state index in [4.69, 9.17) is 5.11 Å². The molecular weight excluding hydrogens is 203 g/mol. The molecule has 5 heteroatoms. The summed E-state index contributed by atoms with van der Waals surface area (Å²) >= 11 is -1.82. The van der Waals surface area contributed by atoms with Crippen molar-refractivity contribution < 1.29 is 50.0 Å². The second-order valence-electron chi connectivity index (χ2n) is 0.848. The fourth-order valence-corrected chi connectivity index (χ4v) is 0.454. The van der Waals surface area contributed by atoms with Crippen molar-refractivity contribution in [3.8, 4) is 0 Å². The van der Waals surface area contributed by atoms with E-state index in [2.05, 4.69) is 0 Å². The smallest absolute Gasteiger partial charge is 0 e. The Hall–Kier alpha value is 0.517. The summed E-state index contributed by atoms with van der Waals surface area (Å²) in [7, 11) is 0. The molecule has 0 saturated carbocycles. The average molecular weight is 206 g/mol. The molecule has 3 nitrogen and oxygen atoms in total. The van der Waals surface area contributed by atoms with Crippen LogP contribution in [-0.4, -0.2) is 11.1 Å². The van der Waals surface area contributed by atoms with Crippen molar-refractivity contribution in [2.75, 3.05) is 0 Å². The Labute approximate surface area is 61.1 Å². The van der Waals surface area contributed by atoms with Crippen molar-refractivity contribution in [2.45, 2.75) is 5.02 Å². The van der Waals surface area contributed by atoms with Crippen LogP contribution in [0.3, 0.4) is 0 Å². The van der Waals surface area contributed by atoms with Gasteiger partial charge in [0.15, 0.2) is 0 Å². The second-order valence-corrected chi connectivity index (χ2v) is 2.75. The van der Waals surface area contributed by atoms with E-state index < -0.39 is 23.0 Å². The maximum Gasteiger partial charge on any atom is 0 e. The van der Waals surface area contributed by atoms with Crippen molar-refractivity contribution >= 4 is 5.97 Å². The molecule has 0 aromatic carbocycles. The molecule has 0 unspecified atom stereocenters. The molecule has 1 N–H and O–H groups in total. The van der Waals surface area contributed by atoms with Crippen LogP contribution in [-0.2, 0) is 44.9 Å². The summed E-state index contributed by atoms with van der Waals surface area (Å²) in [6, 6.07) is 0. The third-order valence-electron chi connectivity index (χ3n) is 0.316. The molecule has 0 aliphatic rings. The Kier molecular flexibility index (Phi) is 9.76. The largest absolute Gasteiger partial charge is 0 e. The van der Waals surface area contributed by atoms with Gasteiger partial charge in [-0.25, -0.2) is 0 Å². The summed E-state index contributed by atoms with van der Waals surface area (Å²) < 4.78 is 9.55. The van der Waals surface area contributed by atoms with Gasteiger partial charge < -0.3 is 0 Å². The van der Waals surface area contributed by atoms with E-state index >= 15 is 0 Å². The van der Waals surface area contributed by atoms with E-state index in [1.165, 1.54) is 0 Å². The fraction of sp³-hybridized carbons (Fsp3) is 0.500. The number of carbonyl (C=O) groups is 1. The standard InChI is InChI=1S/C2H3O2.O.2Zn/c1-2(3)4;;;/h1H2,(H,3,4);;;. The third-order valence-corrected chi connectivity index (χ3v) is 1.64. The molecule has 0 amide bonds. The quantitative estimate of drug-likeness (QED) is 0.642. The summed E-state index contributed by atoms with van der Waals surface area (Å²) in [5, 5.41) is 7.68. The first-order valence-corrected chi connectivity index (χ1v) is 4.88. The minimum atomic E-state index is -1.82. The maximum atomic E-state index is 9.55. The minimum absolute atomic E-state index is 0. The van der Waals surface area contributed by atoms with E-state index in [1.54, 1.807) is 0 Å². The summed E-state index contributed by atoms with van der Waals surface area (Å²) in [5.41, 5.74) is 0. The molecule has 0 aromatic rings. The Bertz CT molecular complexity index is 71.3. The minimum Gasteiger partial charge on any atom is 0 e. The molecular formula is C2H3O3Zn2. The number of aliphatic carboxylic acids is 1. The SMILES string of the molecule is [O]=[Zn][CH2]C(=O)O.[Zn]. The number of rotatable bonds is 2. The molecule has 0 aromatic heterocycles. The summed E-state index contributed by atoms with van der Waals surface area (Å²) in [6.45, 7) is 0. The van der Waals surface area contributed by atoms with Crippen LogP contribution >= 0.6 is 0 Å². The van der Waals surface area contributed by atoms with E-state index in [0.29, 0.717) is 0 Å². The molecule has 0 aliphatic heterocycles. The van der Waals surface area contributed by atoms with Gasteiger partial charge in [-0.15, -0.1) is 0 Å². The molecule has 0 rings (SSSR count). The summed E-state index contributed by atoms with van der Waals surface area (Å²) in [5.74, 6) is -0.940. The zero-order valence-electron chi connectivity index (χ0n) is 3.89. The molecule has 0 fully saturated rings. The van der Waals surface area contributed by atoms with Crippen molar-refractivity contribution in [1.29, 1.82) is 0 Å². The summed E-state index contributed by atoms with van der Waals surface area (Å²) in [6.07, 6.45) is 0. The van der Waals surface area contributed by atoms with Gasteiger partial charge in [0.25, 0.3) is 0 Å². The van der Waals surface area contributed by atoms with Crippen LogP contribution in [0.5, 0.6) is 0 Å². The Morgan fingerprint density at radius 2 is 2.14 bits per heavy atom. The molecule has 0 radical (unpaired) electrons. The zero-order chi connectivity index (χ0) is 4.99. The first kappa shape index (κ1) is 10.5. The van der Waals surface area contributed by atoms with Gasteiger partial charge in [0.1, 0.15) is 0 Å². The topological polar surface area (TPSA) is 54.4 Å². The number of hydrogen-bond donors (Lipinski definition) is 1. The third kappa shape index (κ3) is 10.7. The van der Waals surface area contributed by atoms with Gasteiger partial charge in [0.2, 0.25) is 0 Å². The van der Waals surface area contributed by atoms with Crippen LogP contribution < -0.4 is 0 Å². The first-order chi connectivity index (χ1) is 2.77. The fourth-order valence-electron chi connectivity index (χ4n) is 0.0873. The van der Waals surface area contributed by atoms with Gasteiger partial charge in [-0.1, -0.05) is 0 Å². The monoisotopic (exact) mass is 203 g/mol. The van der Waals surface area contributed by atoms with Crippen molar-refractivity contribution in [3.63, 3.8) is 0 Å². The molecule has 0 saturated heterocycles. The van der Waals surface area contributed by atoms with Crippen LogP contribution in [0.15, 0.2) is 0 Å². The average Bonchev–Trinajstić information content (AvgIpc) is 1.35. The van der Waals surface area contributed by atoms with Crippen molar-refractivity contribution in [1.82, 2.24) is 0 Å². The van der Waals surface area contributed by atoms with Crippen LogP contribution in [0, 0.1) is 0 Å². The van der Waals surface area contributed by atoms with Crippen LogP contribution in [0.25, 0.3) is 0 Å². The molecule has 7 heavy (non-hydrogen) atoms. The Morgan fingerprint density at radius 1 is 1.71 bits per heavy atom. The van der Waals surface area contributed by atoms with E-state index in [1.807, 2.05) is 0 Å². The molecule has 33 valence electrons. The maximum absolute atomic E-state index is 9.55. The normalized spacial score (nSPS) is 5.71. The molecule has 0 spiro atoms. The van der Waals surface area contributed by atoms with Crippen molar-refractivity contribution in [2.24, 2.45) is 0 Å². The van der Waals surface area contributed by atoms with Gasteiger partial charge >= 0.3 is 41.5 Å². The Balaban J connectivity index is 0.